The number of nitrogens with two attached hydrogens (primary N) is 1. The quantitative estimate of drug-likeness (QED) is 0.772. The van der Waals surface area contributed by atoms with Crippen molar-refractivity contribution in [1.82, 2.24) is 4.90 Å². The van der Waals surface area contributed by atoms with E-state index >= 15 is 0 Å². The molecule has 0 aromatic heterocycles. The first-order chi connectivity index (χ1) is 6.92. The maximum Gasteiger partial charge on any atom is 0.228 e. The molecule has 0 spiro atoms. The van der Waals surface area contributed by atoms with E-state index in [-0.39, 0.29) is 11.3 Å². The Morgan fingerprint density at radius 3 is 2.53 bits per heavy atom. The summed E-state index contributed by atoms with van der Waals surface area (Å²) in [5.41, 5.74) is 5.44. The Morgan fingerprint density at radius 1 is 1.53 bits per heavy atom. The van der Waals surface area contributed by atoms with Crippen molar-refractivity contribution < 1.29 is 4.79 Å². The molecule has 1 amide bonds. The molecule has 2 atom stereocenters. The lowest BCUT2D eigenvalue weighted by atomic mass is 9.88. The highest BCUT2D eigenvalue weighted by Gasteiger charge is 2.37. The van der Waals surface area contributed by atoms with Gasteiger partial charge in [-0.25, -0.2) is 0 Å². The highest BCUT2D eigenvalue weighted by molar-refractivity contribution is 5.82. The first-order valence-electron chi connectivity index (χ1n) is 5.93. The van der Waals surface area contributed by atoms with E-state index in [0.29, 0.717) is 18.5 Å². The summed E-state index contributed by atoms with van der Waals surface area (Å²) in [4.78, 5) is 14.3. The van der Waals surface area contributed by atoms with E-state index in [0.717, 1.165) is 19.4 Å². The molecule has 3 heteroatoms. The van der Waals surface area contributed by atoms with E-state index in [1.54, 1.807) is 0 Å². The fourth-order valence-electron chi connectivity index (χ4n) is 2.14. The lowest BCUT2D eigenvalue weighted by molar-refractivity contribution is -0.141. The van der Waals surface area contributed by atoms with Gasteiger partial charge in [-0.05, 0) is 32.2 Å². The van der Waals surface area contributed by atoms with E-state index in [9.17, 15) is 4.79 Å². The summed E-state index contributed by atoms with van der Waals surface area (Å²) in [7, 11) is 0. The van der Waals surface area contributed by atoms with Crippen molar-refractivity contribution in [2.45, 2.75) is 46.6 Å². The van der Waals surface area contributed by atoms with Crippen LogP contribution in [0.1, 0.15) is 40.5 Å². The van der Waals surface area contributed by atoms with Gasteiger partial charge in [-0.15, -0.1) is 0 Å². The van der Waals surface area contributed by atoms with Crippen LogP contribution in [0.5, 0.6) is 0 Å². The van der Waals surface area contributed by atoms with E-state index in [4.69, 9.17) is 5.73 Å². The largest absolute Gasteiger partial charge is 0.339 e. The van der Waals surface area contributed by atoms with Crippen molar-refractivity contribution in [2.24, 2.45) is 17.1 Å². The van der Waals surface area contributed by atoms with E-state index in [1.807, 2.05) is 18.7 Å². The average molecular weight is 212 g/mol. The van der Waals surface area contributed by atoms with Crippen LogP contribution in [-0.2, 0) is 4.79 Å². The molecule has 88 valence electrons. The average Bonchev–Trinajstić information content (AvgIpc) is 2.58. The van der Waals surface area contributed by atoms with Gasteiger partial charge < -0.3 is 10.6 Å². The standard InChI is InChI=1S/C12H24N2O/c1-5-12(3,4)11(15)14-8-10(7-13)6-9(14)2/h9-10H,5-8,13H2,1-4H3. The Balaban J connectivity index is 2.69. The van der Waals surface area contributed by atoms with Gasteiger partial charge in [0.05, 0.1) is 0 Å². The summed E-state index contributed by atoms with van der Waals surface area (Å²) in [5.74, 6) is 0.782. The van der Waals surface area contributed by atoms with Crippen molar-refractivity contribution in [3.8, 4) is 0 Å². The number of amides is 1. The molecule has 0 radical (unpaired) electrons. The van der Waals surface area contributed by atoms with Crippen molar-refractivity contribution in [3.63, 3.8) is 0 Å². The van der Waals surface area contributed by atoms with Crippen LogP contribution in [0.3, 0.4) is 0 Å². The van der Waals surface area contributed by atoms with Crippen molar-refractivity contribution in [3.05, 3.63) is 0 Å². The Kier molecular flexibility index (Phi) is 3.77. The third-order valence-corrected chi connectivity index (χ3v) is 3.72. The summed E-state index contributed by atoms with van der Waals surface area (Å²) in [5, 5.41) is 0. The van der Waals surface area contributed by atoms with E-state index in [2.05, 4.69) is 13.8 Å². The summed E-state index contributed by atoms with van der Waals surface area (Å²) in [6, 6.07) is 0.358. The molecular formula is C12H24N2O. The number of hydrogen-bond acceptors (Lipinski definition) is 2. The molecule has 0 saturated carbocycles. The molecule has 1 aliphatic heterocycles. The minimum Gasteiger partial charge on any atom is -0.339 e. The van der Waals surface area contributed by atoms with Gasteiger partial charge >= 0.3 is 0 Å². The second kappa shape index (κ2) is 4.52. The first kappa shape index (κ1) is 12.5. The number of likely N-dealkylation sites (tertiary alicyclic amines) is 1. The van der Waals surface area contributed by atoms with Crippen LogP contribution in [0.15, 0.2) is 0 Å². The van der Waals surface area contributed by atoms with Crippen LogP contribution in [-0.4, -0.2) is 29.9 Å². The Hall–Kier alpha value is -0.570. The lowest BCUT2D eigenvalue weighted by Gasteiger charge is -2.31. The maximum absolute atomic E-state index is 12.3. The van der Waals surface area contributed by atoms with Crippen LogP contribution in [0, 0.1) is 11.3 Å². The molecule has 1 saturated heterocycles. The molecule has 3 nitrogen and oxygen atoms in total. The minimum absolute atomic E-state index is 0.224. The van der Waals surface area contributed by atoms with Crippen LogP contribution in [0.4, 0.5) is 0 Å². The molecule has 2 unspecified atom stereocenters. The number of nitrogens with zero attached hydrogens (tertiary/aromatic N) is 1. The zero-order chi connectivity index (χ0) is 11.6. The highest BCUT2D eigenvalue weighted by Crippen LogP contribution is 2.30. The Bertz CT molecular complexity index is 238. The fourth-order valence-corrected chi connectivity index (χ4v) is 2.14. The van der Waals surface area contributed by atoms with Crippen molar-refractivity contribution in [1.29, 1.82) is 0 Å². The van der Waals surface area contributed by atoms with Gasteiger partial charge in [0.2, 0.25) is 5.91 Å². The Labute approximate surface area is 93.0 Å². The molecule has 0 bridgehead atoms. The van der Waals surface area contributed by atoms with Gasteiger partial charge in [-0.1, -0.05) is 20.8 Å². The topological polar surface area (TPSA) is 46.3 Å². The highest BCUT2D eigenvalue weighted by atomic mass is 16.2. The second-order valence-electron chi connectivity index (χ2n) is 5.38. The molecule has 0 aromatic carbocycles. The predicted molar refractivity (Wildman–Crippen MR) is 62.4 cm³/mol. The number of hydrogen-bond donors (Lipinski definition) is 1. The Morgan fingerprint density at radius 2 is 2.13 bits per heavy atom. The third kappa shape index (κ3) is 2.51. The summed E-state index contributed by atoms with van der Waals surface area (Å²) >= 11 is 0. The molecule has 1 fully saturated rings. The molecule has 0 aliphatic carbocycles. The van der Waals surface area contributed by atoms with Gasteiger partial charge in [-0.2, -0.15) is 0 Å². The SMILES string of the molecule is CCC(C)(C)C(=O)N1CC(CN)CC1C. The lowest BCUT2D eigenvalue weighted by Crippen LogP contribution is -2.42. The summed E-state index contributed by atoms with van der Waals surface area (Å²) in [6.07, 6.45) is 1.95. The van der Waals surface area contributed by atoms with Gasteiger partial charge in [-0.3, -0.25) is 4.79 Å². The number of carbonyl (C=O) groups excluding carboxylic acids is 1. The second-order valence-corrected chi connectivity index (χ2v) is 5.38. The first-order valence-corrected chi connectivity index (χ1v) is 5.93. The van der Waals surface area contributed by atoms with Crippen LogP contribution in [0.25, 0.3) is 0 Å². The van der Waals surface area contributed by atoms with Crippen LogP contribution < -0.4 is 5.73 Å². The van der Waals surface area contributed by atoms with E-state index in [1.165, 1.54) is 0 Å². The summed E-state index contributed by atoms with van der Waals surface area (Å²) in [6.45, 7) is 9.79. The molecule has 2 N–H and O–H groups in total. The van der Waals surface area contributed by atoms with Crippen molar-refractivity contribution >= 4 is 5.91 Å². The fraction of sp³-hybridized carbons (Fsp3) is 0.917. The van der Waals surface area contributed by atoms with Crippen LogP contribution in [0.2, 0.25) is 0 Å². The molecular weight excluding hydrogens is 188 g/mol. The zero-order valence-electron chi connectivity index (χ0n) is 10.4. The van der Waals surface area contributed by atoms with Crippen molar-refractivity contribution in [2.75, 3.05) is 13.1 Å². The maximum atomic E-state index is 12.3. The molecule has 1 aliphatic rings. The molecule has 15 heavy (non-hydrogen) atoms. The number of carbonyl (C=O) groups is 1. The van der Waals surface area contributed by atoms with Crippen LogP contribution >= 0.6 is 0 Å². The van der Waals surface area contributed by atoms with Gasteiger partial charge in [0, 0.05) is 18.0 Å². The summed E-state index contributed by atoms with van der Waals surface area (Å²) < 4.78 is 0. The van der Waals surface area contributed by atoms with E-state index < -0.39 is 0 Å². The zero-order valence-corrected chi connectivity index (χ0v) is 10.4. The monoisotopic (exact) mass is 212 g/mol. The van der Waals surface area contributed by atoms with Gasteiger partial charge in [0.15, 0.2) is 0 Å². The third-order valence-electron chi connectivity index (χ3n) is 3.72. The normalized spacial score (nSPS) is 27.1. The smallest absolute Gasteiger partial charge is 0.228 e. The molecule has 1 heterocycles. The molecule has 1 rings (SSSR count). The molecule has 0 aromatic rings. The predicted octanol–water partition coefficient (Wildman–Crippen LogP) is 1.62. The minimum atomic E-state index is -0.224. The number of rotatable bonds is 3. The van der Waals surface area contributed by atoms with Gasteiger partial charge in [0.1, 0.15) is 0 Å². The van der Waals surface area contributed by atoms with Gasteiger partial charge in [0.25, 0.3) is 0 Å².